The lowest BCUT2D eigenvalue weighted by Crippen LogP contribution is -2.60. The van der Waals surface area contributed by atoms with E-state index in [4.69, 9.17) is 16.2 Å². The molecule has 1 fully saturated rings. The lowest BCUT2D eigenvalue weighted by atomic mass is 9.90. The van der Waals surface area contributed by atoms with Crippen molar-refractivity contribution in [3.05, 3.63) is 116 Å². The first-order chi connectivity index (χ1) is 45.2. The molecular weight excluding hydrogens is 1220 g/mol. The second-order valence-electron chi connectivity index (χ2n) is 22.0. The summed E-state index contributed by atoms with van der Waals surface area (Å²) in [6.45, 7) is 2.57. The fraction of sp³-hybridized carbons (Fsp3) is 0.484. The van der Waals surface area contributed by atoms with E-state index in [-0.39, 0.29) is 173 Å². The van der Waals surface area contributed by atoms with Crippen LogP contribution >= 0.6 is 0 Å². The van der Waals surface area contributed by atoms with E-state index in [1.807, 2.05) is 6.07 Å². The Morgan fingerprint density at radius 3 is 1.79 bits per heavy atom. The molecule has 0 radical (unpaired) electrons. The van der Waals surface area contributed by atoms with Gasteiger partial charge in [0.2, 0.25) is 23.6 Å². The standard InChI is InChI=1S/C62H88N16O16/c1-2-49(81)65-21-24-70-62(93)74-61(64)69-20-9-14-46(58(90)71-36-41-15-17-44(80)18-16-41)73-60(92)53(42-10-4-3-5-11-42)43-12-8-13-45(34-43)94-33-7-6-19-66-54-55(57(89)56(54)88)67-22-23-68-59(91)47(35-63)72-48(40-79)78-31-29-76(38-51(84)85)27-25-75(37-50(82)83)26-28-77(30-32-78)39-52(86)87/h3-5,8,10-13,15-18,34,40,46-48,53,66-67,72,80H,2,6-7,9,14,19-33,35-39,63H2,1H3,(H,65,81)(H,68,91)(H,71,90)(H,73,92)(H,82,83)(H,84,85)(H,86,87)(H4,64,69,70,74,93)/t46-,47-,48?,53?/m1/s1. The Kier molecular flexibility index (Phi) is 32.3. The lowest BCUT2D eigenvalue weighted by molar-refractivity contribution is -0.140. The number of aromatic hydroxyl groups is 1. The number of benzene rings is 3. The quantitative estimate of drug-likeness (QED) is 0.00729. The number of guanidine groups is 1. The van der Waals surface area contributed by atoms with Crippen molar-refractivity contribution in [2.45, 2.75) is 69.7 Å². The number of hydrogen-bond acceptors (Lipinski definition) is 22. The molecule has 0 spiro atoms. The number of ether oxygens (including phenoxy) is 1. The fourth-order valence-corrected chi connectivity index (χ4v) is 10.00. The van der Waals surface area contributed by atoms with Crippen molar-refractivity contribution in [2.75, 3.05) is 135 Å². The number of aliphatic imine (C=N–C) groups is 1. The highest BCUT2D eigenvalue weighted by Crippen LogP contribution is 2.29. The smallest absolute Gasteiger partial charge is 0.321 e. The number of aldehydes is 1. The maximum Gasteiger partial charge on any atom is 0.321 e. The zero-order valence-electron chi connectivity index (χ0n) is 52.6. The Hall–Kier alpha value is -9.60. The maximum absolute atomic E-state index is 14.5. The van der Waals surface area contributed by atoms with Gasteiger partial charge in [-0.25, -0.2) is 4.79 Å². The summed E-state index contributed by atoms with van der Waals surface area (Å²) in [4.78, 5) is 149. The monoisotopic (exact) mass is 1310 g/mol. The Labute approximate surface area is 543 Å². The average Bonchev–Trinajstić information content (AvgIpc) is 0.793. The van der Waals surface area contributed by atoms with E-state index in [2.05, 4.69) is 52.8 Å². The van der Waals surface area contributed by atoms with Crippen molar-refractivity contribution in [1.29, 1.82) is 0 Å². The highest BCUT2D eigenvalue weighted by atomic mass is 16.5. The van der Waals surface area contributed by atoms with Crippen molar-refractivity contribution >= 4 is 71.2 Å². The summed E-state index contributed by atoms with van der Waals surface area (Å²) in [7, 11) is 0. The Morgan fingerprint density at radius 1 is 0.638 bits per heavy atom. The van der Waals surface area contributed by atoms with Crippen LogP contribution in [0.4, 0.5) is 16.2 Å². The summed E-state index contributed by atoms with van der Waals surface area (Å²) >= 11 is 0. The van der Waals surface area contributed by atoms with Gasteiger partial charge in [-0.1, -0.05) is 61.5 Å². The highest BCUT2D eigenvalue weighted by molar-refractivity contribution is 5.95. The number of carbonyl (C=O) groups is 9. The molecule has 6 amide bonds. The zero-order valence-corrected chi connectivity index (χ0v) is 52.6. The number of carbonyl (C=O) groups excluding carboxylic acids is 6. The summed E-state index contributed by atoms with van der Waals surface area (Å²) in [5.74, 6) is -5.61. The molecule has 32 nitrogen and oxygen atoms in total. The van der Waals surface area contributed by atoms with Gasteiger partial charge in [0.05, 0.1) is 32.2 Å². The van der Waals surface area contributed by atoms with Crippen LogP contribution in [0.15, 0.2) is 93.4 Å². The number of amides is 6. The first kappa shape index (κ1) is 75.1. The van der Waals surface area contributed by atoms with E-state index in [0.29, 0.717) is 48.0 Å². The van der Waals surface area contributed by atoms with Crippen LogP contribution in [-0.2, 0) is 44.9 Å². The summed E-state index contributed by atoms with van der Waals surface area (Å²) < 4.78 is 6.13. The van der Waals surface area contributed by atoms with Gasteiger partial charge in [0.25, 0.3) is 10.9 Å². The first-order valence-corrected chi connectivity index (χ1v) is 31.0. The number of carboxylic acids is 3. The van der Waals surface area contributed by atoms with Crippen LogP contribution in [0.2, 0.25) is 0 Å². The summed E-state index contributed by atoms with van der Waals surface area (Å²) in [6, 6.07) is 19.5. The fourth-order valence-electron chi connectivity index (χ4n) is 10.00. The number of urea groups is 1. The lowest BCUT2D eigenvalue weighted by Gasteiger charge is -2.36. The molecule has 4 aromatic rings. The Morgan fingerprint density at radius 2 is 1.20 bits per heavy atom. The molecular formula is C62H88N16O16. The Bertz CT molecular complexity index is 3190. The number of carboxylic acid groups (broad SMARTS) is 3. The normalized spacial score (nSPS) is 15.1. The third-order valence-corrected chi connectivity index (χ3v) is 15.0. The average molecular weight is 1310 g/mol. The van der Waals surface area contributed by atoms with Crippen LogP contribution in [0, 0.1) is 0 Å². The van der Waals surface area contributed by atoms with Crippen molar-refractivity contribution in [1.82, 2.24) is 56.8 Å². The van der Waals surface area contributed by atoms with Crippen LogP contribution < -0.4 is 74.9 Å². The zero-order chi connectivity index (χ0) is 68.4. The van der Waals surface area contributed by atoms with Gasteiger partial charge in [0.15, 0.2) is 12.2 Å². The number of nitrogens with one attached hydrogen (secondary N) is 9. The van der Waals surface area contributed by atoms with Crippen LogP contribution in [0.1, 0.15) is 61.6 Å². The summed E-state index contributed by atoms with van der Waals surface area (Å²) in [5, 5.41) is 63.4. The van der Waals surface area contributed by atoms with E-state index in [9.17, 15) is 73.2 Å². The van der Waals surface area contributed by atoms with Crippen molar-refractivity contribution in [3.63, 3.8) is 0 Å². The number of nitrogens with two attached hydrogens (primary N) is 2. The van der Waals surface area contributed by atoms with Gasteiger partial charge < -0.3 is 78.6 Å². The minimum Gasteiger partial charge on any atom is -0.508 e. The van der Waals surface area contributed by atoms with Gasteiger partial charge in [-0.15, -0.1) is 0 Å². The van der Waals surface area contributed by atoms with Gasteiger partial charge >= 0.3 is 23.9 Å². The number of hydrogen-bond donors (Lipinski definition) is 15. The number of phenolic OH excluding ortho intramolecular Hbond substituents is 1. The first-order valence-electron chi connectivity index (χ1n) is 31.0. The molecule has 0 saturated carbocycles. The SMILES string of the molecule is CCC(=O)NCCNC(=O)NC(N)=NCCC[C@@H](NC(=O)C(c1ccccc1)c1cccc(OCCCCNc2c(NCCNC(=O)[C@@H](CN)NC(C=O)N3CCN(CC(=O)O)CCN(CC(=O)O)CCN(CC(=O)O)CC3)c(=O)c2=O)c1)C(=O)NCc1ccc(O)cc1. The molecule has 17 N–H and O–H groups in total. The largest absolute Gasteiger partial charge is 0.508 e. The number of nitrogens with zero attached hydrogens (tertiary/aromatic N) is 5. The highest BCUT2D eigenvalue weighted by Gasteiger charge is 2.30. The Balaban J connectivity index is 1.12. The van der Waals surface area contributed by atoms with E-state index in [0.717, 1.165) is 0 Å². The van der Waals surface area contributed by atoms with Crippen molar-refractivity contribution in [3.8, 4) is 11.5 Å². The maximum atomic E-state index is 14.5. The molecule has 32 heteroatoms. The van der Waals surface area contributed by atoms with Crippen molar-refractivity contribution < 1.29 is 68.3 Å². The molecule has 94 heavy (non-hydrogen) atoms. The van der Waals surface area contributed by atoms with Crippen molar-refractivity contribution in [2.24, 2.45) is 16.5 Å². The second kappa shape index (κ2) is 40.4. The molecule has 4 aromatic carbocycles. The summed E-state index contributed by atoms with van der Waals surface area (Å²) in [5.41, 5.74) is 12.5. The molecule has 0 aliphatic carbocycles. The minimum absolute atomic E-state index is 0.0187. The molecule has 5 rings (SSSR count). The number of unbranched alkanes of at least 4 members (excludes halogenated alkanes) is 1. The molecule has 2 unspecified atom stereocenters. The predicted molar refractivity (Wildman–Crippen MR) is 348 cm³/mol. The molecule has 0 aromatic heterocycles. The topological polar surface area (TPSA) is 464 Å². The number of rotatable bonds is 38. The van der Waals surface area contributed by atoms with E-state index in [1.54, 1.807) is 87.2 Å². The minimum atomic E-state index is -1.13. The van der Waals surface area contributed by atoms with Crippen LogP contribution in [0.3, 0.4) is 0 Å². The third kappa shape index (κ3) is 26.6. The predicted octanol–water partition coefficient (Wildman–Crippen LogP) is -2.44. The van der Waals surface area contributed by atoms with Crippen LogP contribution in [0.5, 0.6) is 11.5 Å². The summed E-state index contributed by atoms with van der Waals surface area (Å²) in [6.07, 6.45) is 1.14. The molecule has 1 aliphatic rings. The van der Waals surface area contributed by atoms with Gasteiger partial charge in [-0.2, -0.15) is 0 Å². The van der Waals surface area contributed by atoms with E-state index >= 15 is 0 Å². The molecule has 4 atom stereocenters. The molecule has 0 bridgehead atoms. The van der Waals surface area contributed by atoms with Crippen LogP contribution in [0.25, 0.3) is 0 Å². The molecule has 1 aliphatic heterocycles. The van der Waals surface area contributed by atoms with E-state index < -0.39 is 76.7 Å². The van der Waals surface area contributed by atoms with Gasteiger partial charge in [-0.3, -0.25) is 78.4 Å². The number of aliphatic carboxylic acids is 3. The number of phenols is 1. The third-order valence-electron chi connectivity index (χ3n) is 15.0. The number of anilines is 2. The van der Waals surface area contributed by atoms with Gasteiger partial charge in [-0.05, 0) is 66.6 Å². The van der Waals surface area contributed by atoms with Crippen LogP contribution in [-0.4, -0.2) is 243 Å². The molecule has 1 saturated heterocycles. The molecule has 512 valence electrons. The van der Waals surface area contributed by atoms with Gasteiger partial charge in [0.1, 0.15) is 41.1 Å². The van der Waals surface area contributed by atoms with Gasteiger partial charge in [0, 0.05) is 111 Å². The molecule has 1 heterocycles. The van der Waals surface area contributed by atoms with E-state index in [1.165, 1.54) is 12.1 Å². The second-order valence-corrected chi connectivity index (χ2v) is 22.0.